The van der Waals surface area contributed by atoms with E-state index < -0.39 is 0 Å². The van der Waals surface area contributed by atoms with Gasteiger partial charge in [0.15, 0.2) is 0 Å². The van der Waals surface area contributed by atoms with Gasteiger partial charge < -0.3 is 9.80 Å². The number of likely N-dealkylation sites (N-methyl/N-ethyl adjacent to an activating group) is 1. The third-order valence-electron chi connectivity index (χ3n) is 5.64. The van der Waals surface area contributed by atoms with Gasteiger partial charge in [-0.15, -0.1) is 0 Å². The molecule has 2 atom stereocenters. The number of amides is 1. The SMILES string of the molecule is Cc1ccc2c(c1)[C@@H]1CN(C)CC[C@H]1N2C(=O)C1CCC1. The number of fused-ring (bicyclic) bond motifs is 3. The third-order valence-corrected chi connectivity index (χ3v) is 5.64. The second kappa shape index (κ2) is 4.84. The maximum Gasteiger partial charge on any atom is 0.230 e. The number of aryl methyl sites for hydroxylation is 1. The summed E-state index contributed by atoms with van der Waals surface area (Å²) in [5.41, 5.74) is 3.90. The molecule has 0 radical (unpaired) electrons. The Morgan fingerprint density at radius 1 is 1.24 bits per heavy atom. The summed E-state index contributed by atoms with van der Waals surface area (Å²) in [4.78, 5) is 17.5. The molecule has 0 bridgehead atoms. The lowest BCUT2D eigenvalue weighted by Gasteiger charge is -2.39. The zero-order valence-electron chi connectivity index (χ0n) is 13.0. The van der Waals surface area contributed by atoms with Crippen molar-refractivity contribution in [2.45, 2.75) is 44.6 Å². The van der Waals surface area contributed by atoms with E-state index in [1.54, 1.807) is 0 Å². The lowest BCUT2D eigenvalue weighted by atomic mass is 9.83. The van der Waals surface area contributed by atoms with Crippen LogP contribution in [0.3, 0.4) is 0 Å². The van der Waals surface area contributed by atoms with Crippen molar-refractivity contribution < 1.29 is 4.79 Å². The molecule has 1 aliphatic carbocycles. The summed E-state index contributed by atoms with van der Waals surface area (Å²) < 4.78 is 0. The van der Waals surface area contributed by atoms with Crippen molar-refractivity contribution in [2.75, 3.05) is 25.0 Å². The molecule has 3 heteroatoms. The first-order chi connectivity index (χ1) is 10.1. The summed E-state index contributed by atoms with van der Waals surface area (Å²) >= 11 is 0. The maximum atomic E-state index is 12.9. The largest absolute Gasteiger partial charge is 0.308 e. The van der Waals surface area contributed by atoms with Gasteiger partial charge in [-0.2, -0.15) is 0 Å². The van der Waals surface area contributed by atoms with Crippen LogP contribution in [0.2, 0.25) is 0 Å². The Morgan fingerprint density at radius 3 is 2.76 bits per heavy atom. The molecule has 2 aliphatic heterocycles. The standard InChI is InChI=1S/C18H24N2O/c1-12-6-7-16-14(10-12)15-11-19(2)9-8-17(15)20(16)18(21)13-4-3-5-13/h6-7,10,13,15,17H,3-5,8-9,11H2,1-2H3/t15-,17+/m0/s1. The molecule has 2 fully saturated rings. The normalized spacial score (nSPS) is 29.0. The molecule has 3 aliphatic rings. The van der Waals surface area contributed by atoms with Gasteiger partial charge in [-0.3, -0.25) is 4.79 Å². The molecule has 112 valence electrons. The first kappa shape index (κ1) is 13.3. The van der Waals surface area contributed by atoms with Gasteiger partial charge in [-0.25, -0.2) is 0 Å². The Bertz CT molecular complexity index is 579. The fourth-order valence-corrected chi connectivity index (χ4v) is 4.22. The Morgan fingerprint density at radius 2 is 2.05 bits per heavy atom. The predicted octanol–water partition coefficient (Wildman–Crippen LogP) is 2.93. The third kappa shape index (κ3) is 2.02. The molecule has 21 heavy (non-hydrogen) atoms. The van der Waals surface area contributed by atoms with Crippen LogP contribution in [-0.2, 0) is 4.79 Å². The number of hydrogen-bond acceptors (Lipinski definition) is 2. The van der Waals surface area contributed by atoms with Crippen LogP contribution >= 0.6 is 0 Å². The first-order valence-electron chi connectivity index (χ1n) is 8.27. The van der Waals surface area contributed by atoms with E-state index in [0.717, 1.165) is 32.4 Å². The van der Waals surface area contributed by atoms with E-state index in [4.69, 9.17) is 0 Å². The van der Waals surface area contributed by atoms with Crippen molar-refractivity contribution in [3.05, 3.63) is 29.3 Å². The van der Waals surface area contributed by atoms with Crippen LogP contribution in [0, 0.1) is 12.8 Å². The summed E-state index contributed by atoms with van der Waals surface area (Å²) in [6.45, 7) is 4.33. The second-order valence-electron chi connectivity index (χ2n) is 7.12. The summed E-state index contributed by atoms with van der Waals surface area (Å²) in [6.07, 6.45) is 4.51. The van der Waals surface area contributed by atoms with Crippen LogP contribution in [0.15, 0.2) is 18.2 Å². The molecule has 1 saturated heterocycles. The van der Waals surface area contributed by atoms with Gasteiger partial charge in [0.05, 0.1) is 0 Å². The molecular formula is C18H24N2O. The van der Waals surface area contributed by atoms with Crippen LogP contribution in [-0.4, -0.2) is 37.0 Å². The monoisotopic (exact) mass is 284 g/mol. The fourth-order valence-electron chi connectivity index (χ4n) is 4.22. The summed E-state index contributed by atoms with van der Waals surface area (Å²) in [5.74, 6) is 1.18. The van der Waals surface area contributed by atoms with Crippen molar-refractivity contribution >= 4 is 11.6 Å². The van der Waals surface area contributed by atoms with Crippen LogP contribution < -0.4 is 4.90 Å². The second-order valence-corrected chi connectivity index (χ2v) is 7.12. The average molecular weight is 284 g/mol. The molecule has 0 unspecified atom stereocenters. The van der Waals surface area contributed by atoms with Crippen LogP contribution in [0.25, 0.3) is 0 Å². The van der Waals surface area contributed by atoms with E-state index in [9.17, 15) is 4.79 Å². The molecule has 1 aromatic carbocycles. The summed E-state index contributed by atoms with van der Waals surface area (Å²) in [6, 6.07) is 7.03. The molecule has 1 aromatic rings. The molecule has 1 saturated carbocycles. The van der Waals surface area contributed by atoms with Gasteiger partial charge in [-0.05, 0) is 51.4 Å². The highest BCUT2D eigenvalue weighted by Gasteiger charge is 2.45. The molecule has 0 N–H and O–H groups in total. The van der Waals surface area contributed by atoms with Gasteiger partial charge in [0, 0.05) is 30.1 Å². The number of benzene rings is 1. The molecule has 2 heterocycles. The molecule has 1 amide bonds. The average Bonchev–Trinajstić information content (AvgIpc) is 2.70. The van der Waals surface area contributed by atoms with Crippen LogP contribution in [0.1, 0.15) is 42.7 Å². The highest BCUT2D eigenvalue weighted by molar-refractivity contribution is 5.98. The highest BCUT2D eigenvalue weighted by Crippen LogP contribution is 2.46. The molecule has 0 spiro atoms. The number of anilines is 1. The zero-order chi connectivity index (χ0) is 14.6. The van der Waals surface area contributed by atoms with Gasteiger partial charge in [0.25, 0.3) is 0 Å². The minimum absolute atomic E-state index is 0.289. The van der Waals surface area contributed by atoms with E-state index in [1.807, 2.05) is 0 Å². The van der Waals surface area contributed by atoms with E-state index in [0.29, 0.717) is 17.9 Å². The number of rotatable bonds is 1. The summed E-state index contributed by atoms with van der Waals surface area (Å²) in [7, 11) is 2.20. The van der Waals surface area contributed by atoms with E-state index in [-0.39, 0.29) is 5.92 Å². The Hall–Kier alpha value is -1.35. The van der Waals surface area contributed by atoms with Crippen molar-refractivity contribution in [1.82, 2.24) is 4.90 Å². The predicted molar refractivity (Wildman–Crippen MR) is 84.6 cm³/mol. The number of carbonyl (C=O) groups is 1. The lowest BCUT2D eigenvalue weighted by Crippen LogP contribution is -2.49. The van der Waals surface area contributed by atoms with Gasteiger partial charge in [0.1, 0.15) is 0 Å². The number of piperidine rings is 1. The van der Waals surface area contributed by atoms with Gasteiger partial charge in [-0.1, -0.05) is 24.1 Å². The number of nitrogens with zero attached hydrogens (tertiary/aromatic N) is 2. The van der Waals surface area contributed by atoms with Crippen LogP contribution in [0.5, 0.6) is 0 Å². The first-order valence-corrected chi connectivity index (χ1v) is 8.27. The minimum atomic E-state index is 0.289. The van der Waals surface area contributed by atoms with E-state index in [1.165, 1.54) is 23.2 Å². The van der Waals surface area contributed by atoms with Crippen molar-refractivity contribution in [1.29, 1.82) is 0 Å². The maximum absolute atomic E-state index is 12.9. The topological polar surface area (TPSA) is 23.6 Å². The number of carbonyl (C=O) groups excluding carboxylic acids is 1. The Kier molecular flexibility index (Phi) is 3.07. The van der Waals surface area contributed by atoms with Crippen molar-refractivity contribution in [3.63, 3.8) is 0 Å². The number of hydrogen-bond donors (Lipinski definition) is 0. The smallest absolute Gasteiger partial charge is 0.230 e. The molecule has 0 aromatic heterocycles. The summed E-state index contributed by atoms with van der Waals surface area (Å²) in [5, 5.41) is 0. The van der Waals surface area contributed by atoms with Gasteiger partial charge >= 0.3 is 0 Å². The number of likely N-dealkylation sites (tertiary alicyclic amines) is 1. The molecule has 3 nitrogen and oxygen atoms in total. The van der Waals surface area contributed by atoms with Gasteiger partial charge in [0.2, 0.25) is 5.91 Å². The van der Waals surface area contributed by atoms with Crippen molar-refractivity contribution in [2.24, 2.45) is 5.92 Å². The Balaban J connectivity index is 1.74. The van der Waals surface area contributed by atoms with E-state index in [2.05, 4.69) is 42.0 Å². The quantitative estimate of drug-likeness (QED) is 0.791. The van der Waals surface area contributed by atoms with Crippen LogP contribution in [0.4, 0.5) is 5.69 Å². The Labute approximate surface area is 126 Å². The van der Waals surface area contributed by atoms with E-state index >= 15 is 0 Å². The minimum Gasteiger partial charge on any atom is -0.308 e. The molecular weight excluding hydrogens is 260 g/mol. The fraction of sp³-hybridized carbons (Fsp3) is 0.611. The lowest BCUT2D eigenvalue weighted by molar-refractivity contribution is -0.125. The molecule has 4 rings (SSSR count). The zero-order valence-corrected chi connectivity index (χ0v) is 13.0. The highest BCUT2D eigenvalue weighted by atomic mass is 16.2. The van der Waals surface area contributed by atoms with Crippen molar-refractivity contribution in [3.8, 4) is 0 Å².